The lowest BCUT2D eigenvalue weighted by molar-refractivity contribution is -0.391. The van der Waals surface area contributed by atoms with E-state index in [4.69, 9.17) is 0 Å². The fourth-order valence-electron chi connectivity index (χ4n) is 0.961. The van der Waals surface area contributed by atoms with Crippen molar-refractivity contribution in [3.05, 3.63) is 19.8 Å². The van der Waals surface area contributed by atoms with E-state index < -0.39 is 37.9 Å². The molecule has 1 aromatic rings. The summed E-state index contributed by atoms with van der Waals surface area (Å²) in [5.41, 5.74) is 0. The van der Waals surface area contributed by atoms with Gasteiger partial charge in [-0.3, -0.25) is 0 Å². The molecule has 0 saturated carbocycles. The van der Waals surface area contributed by atoms with Crippen LogP contribution in [0.25, 0.3) is 0 Å². The summed E-state index contributed by atoms with van der Waals surface area (Å²) in [6.07, 6.45) is -5.27. The quantitative estimate of drug-likeness (QED) is 0.450. The average molecular weight is 413 g/mol. The van der Waals surface area contributed by atoms with E-state index in [0.717, 1.165) is 0 Å². The van der Waals surface area contributed by atoms with Crippen LogP contribution in [0.3, 0.4) is 0 Å². The summed E-state index contributed by atoms with van der Waals surface area (Å²) in [5, 5.41) is 15.2. The number of nitrogens with zero attached hydrogens (tertiary/aromatic N) is 2. The van der Waals surface area contributed by atoms with Gasteiger partial charge in [-0.1, -0.05) is 0 Å². The average Bonchev–Trinajstić information content (AvgIpc) is 2.15. The first-order valence-corrected chi connectivity index (χ1v) is 6.68. The lowest BCUT2D eigenvalue weighted by atomic mass is 10.4. The molecule has 0 atom stereocenters. The van der Waals surface area contributed by atoms with E-state index >= 15 is 0 Å². The molecular weight excluding hydrogens is 410 g/mol. The molecule has 1 aromatic heterocycles. The number of pyridine rings is 1. The summed E-state index contributed by atoms with van der Waals surface area (Å²) in [6.45, 7) is 0. The molecule has 0 aliphatic rings. The zero-order valence-electron chi connectivity index (χ0n) is 8.51. The first kappa shape index (κ1) is 15.8. The minimum absolute atomic E-state index is 0.304. The van der Waals surface area contributed by atoms with Gasteiger partial charge in [-0.2, -0.15) is 0 Å². The Morgan fingerprint density at radius 3 is 2.37 bits per heavy atom. The molecule has 1 rings (SSSR count). The number of hydrogen-bond acceptors (Lipinski definition) is 6. The molecule has 0 aliphatic heterocycles. The van der Waals surface area contributed by atoms with Crippen LogP contribution >= 0.6 is 22.6 Å². The Kier molecular flexibility index (Phi) is 4.20. The summed E-state index contributed by atoms with van der Waals surface area (Å²) in [7, 11) is -4.59. The van der Waals surface area contributed by atoms with E-state index in [1.807, 2.05) is 0 Å². The van der Waals surface area contributed by atoms with E-state index in [-0.39, 0.29) is 3.57 Å². The Balaban J connectivity index is 3.56. The molecule has 0 saturated heterocycles. The van der Waals surface area contributed by atoms with Crippen LogP contribution in [-0.4, -0.2) is 24.7 Å². The highest BCUT2D eigenvalue weighted by molar-refractivity contribution is 14.1. The lowest BCUT2D eigenvalue weighted by Gasteiger charge is -2.08. The maximum atomic E-state index is 12.1. The van der Waals surface area contributed by atoms with E-state index in [2.05, 4.69) is 14.9 Å². The van der Waals surface area contributed by atoms with Gasteiger partial charge in [-0.05, 0) is 33.6 Å². The normalized spacial score (nSPS) is 12.3. The number of sulfonamides is 1. The van der Waals surface area contributed by atoms with Gasteiger partial charge in [0.25, 0.3) is 0 Å². The van der Waals surface area contributed by atoms with Crippen molar-refractivity contribution in [1.82, 2.24) is 4.98 Å². The Morgan fingerprint density at radius 2 is 2.00 bits per heavy atom. The van der Waals surface area contributed by atoms with Crippen LogP contribution in [0.1, 0.15) is 0 Å². The maximum absolute atomic E-state index is 12.1. The van der Waals surface area contributed by atoms with Crippen LogP contribution in [0.5, 0.6) is 5.88 Å². The monoisotopic (exact) mass is 413 g/mol. The fourth-order valence-corrected chi connectivity index (χ4v) is 2.41. The molecule has 19 heavy (non-hydrogen) atoms. The Hall–Kier alpha value is -1.22. The first-order chi connectivity index (χ1) is 8.42. The Bertz CT molecular complexity index is 632. The maximum Gasteiger partial charge on any atom is 0.575 e. The molecule has 0 spiro atoms. The largest absolute Gasteiger partial charge is 0.575 e. The molecule has 2 N–H and O–H groups in total. The Morgan fingerprint density at radius 1 is 1.47 bits per heavy atom. The van der Waals surface area contributed by atoms with E-state index in [1.54, 1.807) is 0 Å². The van der Waals surface area contributed by atoms with Gasteiger partial charge < -0.3 is 14.9 Å². The van der Waals surface area contributed by atoms with Gasteiger partial charge in [0.15, 0.2) is 4.90 Å². The predicted molar refractivity (Wildman–Crippen MR) is 61.7 cm³/mol. The molecule has 0 aromatic carbocycles. The Labute approximate surface area is 117 Å². The molecule has 0 radical (unpaired) electrons. The summed E-state index contributed by atoms with van der Waals surface area (Å²) >= 11 is 1.33. The van der Waals surface area contributed by atoms with Crippen molar-refractivity contribution >= 4 is 38.4 Å². The van der Waals surface area contributed by atoms with Gasteiger partial charge in [0.1, 0.15) is 3.57 Å². The fraction of sp³-hybridized carbons (Fsp3) is 0.167. The van der Waals surface area contributed by atoms with Crippen LogP contribution < -0.4 is 9.88 Å². The molecule has 8 nitrogen and oxygen atoms in total. The van der Waals surface area contributed by atoms with Crippen LogP contribution in [0.2, 0.25) is 0 Å². The second kappa shape index (κ2) is 5.04. The zero-order valence-corrected chi connectivity index (χ0v) is 11.5. The number of aromatic nitrogens is 1. The van der Waals surface area contributed by atoms with Gasteiger partial charge in [0.05, 0.1) is 0 Å². The molecule has 106 valence electrons. The number of ether oxygens (including phenoxy) is 1. The molecule has 0 fully saturated rings. The predicted octanol–water partition coefficient (Wildman–Crippen LogP) is 1.14. The van der Waals surface area contributed by atoms with Crippen LogP contribution in [0, 0.1) is 13.7 Å². The van der Waals surface area contributed by atoms with Crippen molar-refractivity contribution in [3.8, 4) is 5.88 Å². The van der Waals surface area contributed by atoms with Crippen LogP contribution in [-0.2, 0) is 10.0 Å². The summed E-state index contributed by atoms with van der Waals surface area (Å²) in [4.78, 5) is 11.3. The minimum atomic E-state index is -5.27. The summed E-state index contributed by atoms with van der Waals surface area (Å²) < 4.78 is 61.4. The van der Waals surface area contributed by atoms with Crippen molar-refractivity contribution in [3.63, 3.8) is 0 Å². The van der Waals surface area contributed by atoms with E-state index in [1.165, 1.54) is 22.6 Å². The topological polar surface area (TPSA) is 125 Å². The number of alkyl halides is 3. The standard InChI is InChI=1S/C6H3F3IN3O5S/c7-6(8,9)18-5-3(19(11,16)17)1-2(10)4(12-5)13(14)15/h1H,(H2,11,16,17). The van der Waals surface area contributed by atoms with Gasteiger partial charge in [-0.15, -0.1) is 13.2 Å². The molecule has 0 bridgehead atoms. The van der Waals surface area contributed by atoms with E-state index in [9.17, 15) is 31.7 Å². The summed E-state index contributed by atoms with van der Waals surface area (Å²) in [6, 6.07) is 0.572. The molecule has 0 amide bonds. The van der Waals surface area contributed by atoms with Crippen molar-refractivity contribution in [2.24, 2.45) is 5.14 Å². The number of halogens is 4. The molecule has 1 heterocycles. The van der Waals surface area contributed by atoms with Crippen LogP contribution in [0.4, 0.5) is 19.0 Å². The number of nitrogens with two attached hydrogens (primary N) is 1. The highest BCUT2D eigenvalue weighted by atomic mass is 127. The number of primary sulfonamides is 1. The molecule has 0 aliphatic carbocycles. The highest BCUT2D eigenvalue weighted by Crippen LogP contribution is 2.32. The van der Waals surface area contributed by atoms with E-state index in [0.29, 0.717) is 6.07 Å². The second-order valence-electron chi connectivity index (χ2n) is 2.95. The lowest BCUT2D eigenvalue weighted by Crippen LogP contribution is -2.22. The van der Waals surface area contributed by atoms with Gasteiger partial charge in [-0.25, -0.2) is 13.6 Å². The smallest absolute Gasteiger partial charge is 0.365 e. The first-order valence-electron chi connectivity index (χ1n) is 4.05. The third-order valence-electron chi connectivity index (χ3n) is 1.58. The third-order valence-corrected chi connectivity index (χ3v) is 3.28. The number of nitro groups is 1. The molecule has 0 unspecified atom stereocenters. The minimum Gasteiger partial charge on any atom is -0.365 e. The molecular formula is C6H3F3IN3O5S. The van der Waals surface area contributed by atoms with Gasteiger partial charge in [0.2, 0.25) is 10.0 Å². The van der Waals surface area contributed by atoms with Gasteiger partial charge in [0, 0.05) is 4.98 Å². The van der Waals surface area contributed by atoms with Crippen molar-refractivity contribution in [2.75, 3.05) is 0 Å². The molecule has 13 heteroatoms. The van der Waals surface area contributed by atoms with Gasteiger partial charge >= 0.3 is 18.1 Å². The number of hydrogen-bond donors (Lipinski definition) is 1. The van der Waals surface area contributed by atoms with Crippen molar-refractivity contribution in [2.45, 2.75) is 11.3 Å². The SMILES string of the molecule is NS(=O)(=O)c1cc(I)c([N+](=O)[O-])nc1OC(F)(F)F. The van der Waals surface area contributed by atoms with Crippen molar-refractivity contribution in [1.29, 1.82) is 0 Å². The number of rotatable bonds is 3. The second-order valence-corrected chi connectivity index (χ2v) is 5.64. The van der Waals surface area contributed by atoms with Crippen LogP contribution in [0.15, 0.2) is 11.0 Å². The zero-order chi connectivity index (χ0) is 15.0. The highest BCUT2D eigenvalue weighted by Gasteiger charge is 2.38. The summed E-state index contributed by atoms with van der Waals surface area (Å²) in [5.74, 6) is -2.48. The third kappa shape index (κ3) is 4.13. The van der Waals surface area contributed by atoms with Crippen molar-refractivity contribution < 1.29 is 31.2 Å².